The number of nitrogens with two attached hydrogens (primary N) is 1. The molecule has 94 valence electrons. The predicted octanol–water partition coefficient (Wildman–Crippen LogP) is 2.73. The molecule has 3 nitrogen and oxygen atoms in total. The van der Waals surface area contributed by atoms with Gasteiger partial charge in [0, 0.05) is 19.1 Å². The number of rotatable bonds is 6. The number of aromatic nitrogens is 1. The second-order valence-corrected chi connectivity index (χ2v) is 4.94. The predicted molar refractivity (Wildman–Crippen MR) is 72.1 cm³/mol. The number of pyridine rings is 1. The molecule has 0 aliphatic heterocycles. The second kappa shape index (κ2) is 5.50. The van der Waals surface area contributed by atoms with Crippen LogP contribution in [0.2, 0.25) is 0 Å². The maximum absolute atomic E-state index is 5.97. The van der Waals surface area contributed by atoms with Crippen LogP contribution in [-0.2, 0) is 0 Å². The van der Waals surface area contributed by atoms with Crippen molar-refractivity contribution in [3.63, 3.8) is 0 Å². The Balaban J connectivity index is 2.04. The Labute approximate surface area is 104 Å². The smallest absolute Gasteiger partial charge is 0.0572 e. The van der Waals surface area contributed by atoms with Crippen LogP contribution in [-0.4, -0.2) is 18.1 Å². The van der Waals surface area contributed by atoms with Gasteiger partial charge in [0.25, 0.3) is 0 Å². The summed E-state index contributed by atoms with van der Waals surface area (Å²) in [5.74, 6) is 0.910. The van der Waals surface area contributed by atoms with Crippen LogP contribution in [0.25, 0.3) is 0 Å². The average molecular weight is 233 g/mol. The molecule has 0 bridgehead atoms. The lowest BCUT2D eigenvalue weighted by atomic mass is 10.1. The van der Waals surface area contributed by atoms with Gasteiger partial charge in [-0.2, -0.15) is 0 Å². The lowest BCUT2D eigenvalue weighted by molar-refractivity contribution is 0.673. The topological polar surface area (TPSA) is 42.1 Å². The molecule has 2 rings (SSSR count). The summed E-state index contributed by atoms with van der Waals surface area (Å²) in [6.45, 7) is 6.52. The molecule has 1 aliphatic carbocycles. The van der Waals surface area contributed by atoms with Crippen LogP contribution in [0.15, 0.2) is 18.3 Å². The third kappa shape index (κ3) is 3.19. The summed E-state index contributed by atoms with van der Waals surface area (Å²) in [4.78, 5) is 6.89. The maximum atomic E-state index is 5.97. The Morgan fingerprint density at radius 3 is 2.65 bits per heavy atom. The van der Waals surface area contributed by atoms with Crippen LogP contribution in [0, 0.1) is 5.92 Å². The molecule has 1 aromatic heterocycles. The van der Waals surface area contributed by atoms with Gasteiger partial charge in [-0.25, -0.2) is 0 Å². The number of hydrogen-bond acceptors (Lipinski definition) is 3. The second-order valence-electron chi connectivity index (χ2n) is 4.94. The van der Waals surface area contributed by atoms with Gasteiger partial charge in [0.1, 0.15) is 0 Å². The number of anilines is 1. The standard InChI is InChI=1S/C14H23N3/c1-3-13(15)14-8-7-12(9-16-14)17(4-2)10-11-5-6-11/h7-9,11,13H,3-6,10,15H2,1-2H3/t13-/m0/s1. The third-order valence-electron chi connectivity index (χ3n) is 3.51. The fourth-order valence-electron chi connectivity index (χ4n) is 2.04. The highest BCUT2D eigenvalue weighted by Crippen LogP contribution is 2.31. The zero-order valence-corrected chi connectivity index (χ0v) is 10.9. The zero-order chi connectivity index (χ0) is 12.3. The van der Waals surface area contributed by atoms with E-state index in [-0.39, 0.29) is 6.04 Å². The van der Waals surface area contributed by atoms with Crippen molar-refractivity contribution in [2.45, 2.75) is 39.2 Å². The van der Waals surface area contributed by atoms with E-state index >= 15 is 0 Å². The third-order valence-corrected chi connectivity index (χ3v) is 3.51. The summed E-state index contributed by atoms with van der Waals surface area (Å²) < 4.78 is 0. The molecule has 0 radical (unpaired) electrons. The van der Waals surface area contributed by atoms with Gasteiger partial charge < -0.3 is 10.6 Å². The summed E-state index contributed by atoms with van der Waals surface area (Å²) in [6.07, 6.45) is 5.69. The summed E-state index contributed by atoms with van der Waals surface area (Å²) in [5, 5.41) is 0. The van der Waals surface area contributed by atoms with E-state index in [9.17, 15) is 0 Å². The molecule has 1 atom stereocenters. The van der Waals surface area contributed by atoms with Gasteiger partial charge in [-0.3, -0.25) is 4.98 Å². The molecular formula is C14H23N3. The van der Waals surface area contributed by atoms with E-state index in [1.165, 1.54) is 25.1 Å². The largest absolute Gasteiger partial charge is 0.370 e. The van der Waals surface area contributed by atoms with E-state index < -0.39 is 0 Å². The summed E-state index contributed by atoms with van der Waals surface area (Å²) in [7, 11) is 0. The Morgan fingerprint density at radius 1 is 1.41 bits per heavy atom. The van der Waals surface area contributed by atoms with Crippen LogP contribution in [0.4, 0.5) is 5.69 Å². The molecule has 1 fully saturated rings. The van der Waals surface area contributed by atoms with Crippen molar-refractivity contribution < 1.29 is 0 Å². The Kier molecular flexibility index (Phi) is 4.00. The normalized spacial score (nSPS) is 16.9. The highest BCUT2D eigenvalue weighted by molar-refractivity contribution is 5.44. The van der Waals surface area contributed by atoms with Crippen molar-refractivity contribution >= 4 is 5.69 Å². The van der Waals surface area contributed by atoms with Gasteiger partial charge >= 0.3 is 0 Å². The molecule has 0 aromatic carbocycles. The van der Waals surface area contributed by atoms with E-state index in [2.05, 4.69) is 35.9 Å². The van der Waals surface area contributed by atoms with Gasteiger partial charge in [-0.15, -0.1) is 0 Å². The Morgan fingerprint density at radius 2 is 2.18 bits per heavy atom. The molecular weight excluding hydrogens is 210 g/mol. The molecule has 1 aliphatic rings. The summed E-state index contributed by atoms with van der Waals surface area (Å²) in [6, 6.07) is 4.30. The van der Waals surface area contributed by atoms with Gasteiger partial charge in [0.05, 0.1) is 17.6 Å². The lowest BCUT2D eigenvalue weighted by Gasteiger charge is -2.23. The van der Waals surface area contributed by atoms with Crippen molar-refractivity contribution in [1.29, 1.82) is 0 Å². The highest BCUT2D eigenvalue weighted by Gasteiger charge is 2.24. The van der Waals surface area contributed by atoms with Crippen molar-refractivity contribution in [2.75, 3.05) is 18.0 Å². The quantitative estimate of drug-likeness (QED) is 0.821. The molecule has 0 unspecified atom stereocenters. The van der Waals surface area contributed by atoms with Gasteiger partial charge in [-0.1, -0.05) is 6.92 Å². The molecule has 3 heteroatoms. The molecule has 1 heterocycles. The summed E-state index contributed by atoms with van der Waals surface area (Å²) >= 11 is 0. The molecule has 0 spiro atoms. The first-order valence-corrected chi connectivity index (χ1v) is 6.71. The maximum Gasteiger partial charge on any atom is 0.0572 e. The van der Waals surface area contributed by atoms with Gasteiger partial charge in [0.15, 0.2) is 0 Å². The minimum atomic E-state index is 0.0718. The van der Waals surface area contributed by atoms with E-state index in [1.807, 2.05) is 6.20 Å². The van der Waals surface area contributed by atoms with E-state index in [0.717, 1.165) is 24.6 Å². The fourth-order valence-corrected chi connectivity index (χ4v) is 2.04. The van der Waals surface area contributed by atoms with E-state index in [4.69, 9.17) is 5.73 Å². The highest BCUT2D eigenvalue weighted by atomic mass is 15.1. The first-order chi connectivity index (χ1) is 8.24. The molecule has 0 saturated heterocycles. The first-order valence-electron chi connectivity index (χ1n) is 6.71. The molecule has 17 heavy (non-hydrogen) atoms. The average Bonchev–Trinajstić information content (AvgIpc) is 3.19. The lowest BCUT2D eigenvalue weighted by Crippen LogP contribution is -2.25. The van der Waals surface area contributed by atoms with E-state index in [0.29, 0.717) is 0 Å². The number of nitrogens with zero attached hydrogens (tertiary/aromatic N) is 2. The Bertz CT molecular complexity index is 343. The minimum absolute atomic E-state index is 0.0718. The van der Waals surface area contributed by atoms with Crippen molar-refractivity contribution in [1.82, 2.24) is 4.98 Å². The van der Waals surface area contributed by atoms with Crippen molar-refractivity contribution in [3.8, 4) is 0 Å². The Hall–Kier alpha value is -1.09. The van der Waals surface area contributed by atoms with E-state index in [1.54, 1.807) is 0 Å². The molecule has 1 aromatic rings. The molecule has 1 saturated carbocycles. The minimum Gasteiger partial charge on any atom is -0.370 e. The van der Waals surface area contributed by atoms with Gasteiger partial charge in [-0.05, 0) is 44.2 Å². The monoisotopic (exact) mass is 233 g/mol. The van der Waals surface area contributed by atoms with Crippen LogP contribution in [0.5, 0.6) is 0 Å². The summed E-state index contributed by atoms with van der Waals surface area (Å²) in [5.41, 5.74) is 8.19. The van der Waals surface area contributed by atoms with Crippen LogP contribution < -0.4 is 10.6 Å². The first kappa shape index (κ1) is 12.4. The fraction of sp³-hybridized carbons (Fsp3) is 0.643. The number of hydrogen-bond donors (Lipinski definition) is 1. The van der Waals surface area contributed by atoms with Crippen LogP contribution >= 0.6 is 0 Å². The molecule has 0 amide bonds. The SMILES string of the molecule is CC[C@H](N)c1ccc(N(CC)CC2CC2)cn1. The van der Waals surface area contributed by atoms with Crippen LogP contribution in [0.1, 0.15) is 44.8 Å². The van der Waals surface area contributed by atoms with Crippen molar-refractivity contribution in [2.24, 2.45) is 11.7 Å². The van der Waals surface area contributed by atoms with Crippen LogP contribution in [0.3, 0.4) is 0 Å². The molecule has 2 N–H and O–H groups in total. The zero-order valence-electron chi connectivity index (χ0n) is 10.9. The van der Waals surface area contributed by atoms with Crippen molar-refractivity contribution in [3.05, 3.63) is 24.0 Å². The van der Waals surface area contributed by atoms with Gasteiger partial charge in [0.2, 0.25) is 0 Å².